The van der Waals surface area contributed by atoms with Gasteiger partial charge in [0.15, 0.2) is 0 Å². The lowest BCUT2D eigenvalue weighted by atomic mass is 10.1. The number of amides is 1. The van der Waals surface area contributed by atoms with Gasteiger partial charge in [-0.25, -0.2) is 0 Å². The highest BCUT2D eigenvalue weighted by Gasteiger charge is 2.31. The van der Waals surface area contributed by atoms with Gasteiger partial charge in [-0.3, -0.25) is 4.79 Å². The van der Waals surface area contributed by atoms with Crippen LogP contribution >= 0.6 is 11.8 Å². The first-order valence-corrected chi connectivity index (χ1v) is 7.66. The second-order valence-electron chi connectivity index (χ2n) is 4.68. The fourth-order valence-corrected chi connectivity index (χ4v) is 3.11. The molecule has 1 aromatic rings. The summed E-state index contributed by atoms with van der Waals surface area (Å²) in [6.45, 7) is 0.473. The van der Waals surface area contributed by atoms with Gasteiger partial charge in [-0.1, -0.05) is 12.1 Å². The Hall–Kier alpha value is -1.88. The molecule has 8 heteroatoms. The van der Waals surface area contributed by atoms with Crippen LogP contribution in [0.4, 0.5) is 13.2 Å². The number of hydrogen-bond acceptors (Lipinski definition) is 4. The topological polar surface area (TPSA) is 53.3 Å². The summed E-state index contributed by atoms with van der Waals surface area (Å²) in [5.74, 6) is 0.681. The molecule has 1 saturated heterocycles. The number of halogens is 3. The number of alkyl halides is 3. The molecule has 22 heavy (non-hydrogen) atoms. The molecule has 1 fully saturated rings. The van der Waals surface area contributed by atoms with Gasteiger partial charge in [-0.2, -0.15) is 17.0 Å². The number of hydrogen-bond donors (Lipinski definition) is 0. The van der Waals surface area contributed by atoms with Gasteiger partial charge in [-0.05, 0) is 17.7 Å². The SMILES string of the molecule is N#CC1CSCCN1C(=O)Cc1cccc(OC(F)(F)F)c1. The number of ether oxygens (including phenoxy) is 1. The first-order valence-electron chi connectivity index (χ1n) is 6.50. The standard InChI is InChI=1S/C14H13F3N2O2S/c15-14(16,17)21-12-3-1-2-10(6-12)7-13(20)19-4-5-22-9-11(19)8-18/h1-3,6,11H,4-5,7,9H2. The van der Waals surface area contributed by atoms with Crippen molar-refractivity contribution in [3.05, 3.63) is 29.8 Å². The van der Waals surface area contributed by atoms with Gasteiger partial charge in [0.2, 0.25) is 5.91 Å². The summed E-state index contributed by atoms with van der Waals surface area (Å²) >= 11 is 1.60. The molecule has 4 nitrogen and oxygen atoms in total. The van der Waals surface area contributed by atoms with Crippen LogP contribution in [0.3, 0.4) is 0 Å². The summed E-state index contributed by atoms with van der Waals surface area (Å²) in [4.78, 5) is 13.7. The summed E-state index contributed by atoms with van der Waals surface area (Å²) in [5, 5.41) is 9.05. The van der Waals surface area contributed by atoms with E-state index < -0.39 is 12.4 Å². The third kappa shape index (κ3) is 4.56. The van der Waals surface area contributed by atoms with E-state index in [1.54, 1.807) is 17.8 Å². The number of carbonyl (C=O) groups excluding carboxylic acids is 1. The van der Waals surface area contributed by atoms with Crippen LogP contribution in [-0.4, -0.2) is 41.3 Å². The van der Waals surface area contributed by atoms with Crippen LogP contribution in [0.25, 0.3) is 0 Å². The van der Waals surface area contributed by atoms with E-state index in [2.05, 4.69) is 10.8 Å². The molecule has 1 amide bonds. The molecule has 1 aliphatic heterocycles. The zero-order chi connectivity index (χ0) is 16.2. The summed E-state index contributed by atoms with van der Waals surface area (Å²) in [7, 11) is 0. The van der Waals surface area contributed by atoms with Crippen molar-refractivity contribution in [1.29, 1.82) is 5.26 Å². The van der Waals surface area contributed by atoms with Gasteiger partial charge in [0.05, 0.1) is 12.5 Å². The van der Waals surface area contributed by atoms with Gasteiger partial charge in [0, 0.05) is 18.1 Å². The van der Waals surface area contributed by atoms with Crippen molar-refractivity contribution in [1.82, 2.24) is 4.90 Å². The maximum Gasteiger partial charge on any atom is 0.573 e. The highest BCUT2D eigenvalue weighted by Crippen LogP contribution is 2.24. The molecule has 0 bridgehead atoms. The Balaban J connectivity index is 2.05. The Morgan fingerprint density at radius 3 is 2.95 bits per heavy atom. The first kappa shape index (κ1) is 16.5. The zero-order valence-electron chi connectivity index (χ0n) is 11.5. The number of carbonyl (C=O) groups is 1. The van der Waals surface area contributed by atoms with Gasteiger partial charge >= 0.3 is 6.36 Å². The van der Waals surface area contributed by atoms with Crippen molar-refractivity contribution in [2.45, 2.75) is 18.8 Å². The Kier molecular flexibility index (Phi) is 5.19. The van der Waals surface area contributed by atoms with Crippen LogP contribution in [0.1, 0.15) is 5.56 Å². The van der Waals surface area contributed by atoms with Crippen LogP contribution in [-0.2, 0) is 11.2 Å². The molecule has 0 aliphatic carbocycles. The van der Waals surface area contributed by atoms with E-state index in [9.17, 15) is 18.0 Å². The quantitative estimate of drug-likeness (QED) is 0.855. The lowest BCUT2D eigenvalue weighted by Gasteiger charge is -2.31. The smallest absolute Gasteiger partial charge is 0.406 e. The third-order valence-corrected chi connectivity index (χ3v) is 4.11. The van der Waals surface area contributed by atoms with E-state index in [-0.39, 0.29) is 18.1 Å². The molecule has 0 spiro atoms. The van der Waals surface area contributed by atoms with Gasteiger partial charge < -0.3 is 9.64 Å². The second-order valence-corrected chi connectivity index (χ2v) is 5.83. The normalized spacial score (nSPS) is 18.6. The fourth-order valence-electron chi connectivity index (χ4n) is 2.14. The predicted molar refractivity (Wildman–Crippen MR) is 75.3 cm³/mol. The molecular formula is C14H13F3N2O2S. The molecule has 118 valence electrons. The maximum atomic E-state index is 12.2. The number of thioether (sulfide) groups is 1. The largest absolute Gasteiger partial charge is 0.573 e. The number of rotatable bonds is 3. The second kappa shape index (κ2) is 6.92. The summed E-state index contributed by atoms with van der Waals surface area (Å²) < 4.78 is 40.4. The zero-order valence-corrected chi connectivity index (χ0v) is 12.3. The van der Waals surface area contributed by atoms with Gasteiger partial charge in [0.25, 0.3) is 0 Å². The van der Waals surface area contributed by atoms with Crippen molar-refractivity contribution in [3.8, 4) is 11.8 Å². The lowest BCUT2D eigenvalue weighted by Crippen LogP contribution is -2.46. The van der Waals surface area contributed by atoms with Crippen LogP contribution in [0.15, 0.2) is 24.3 Å². The molecular weight excluding hydrogens is 317 g/mol. The Bertz CT molecular complexity index is 586. The van der Waals surface area contributed by atoms with E-state index in [1.807, 2.05) is 0 Å². The third-order valence-electron chi connectivity index (χ3n) is 3.09. The minimum atomic E-state index is -4.77. The van der Waals surface area contributed by atoms with Crippen molar-refractivity contribution >= 4 is 17.7 Å². The van der Waals surface area contributed by atoms with Crippen molar-refractivity contribution in [2.24, 2.45) is 0 Å². The molecule has 0 N–H and O–H groups in total. The van der Waals surface area contributed by atoms with Crippen molar-refractivity contribution in [3.63, 3.8) is 0 Å². The number of benzene rings is 1. The van der Waals surface area contributed by atoms with E-state index in [1.165, 1.54) is 23.1 Å². The molecule has 1 aromatic carbocycles. The summed E-state index contributed by atoms with van der Waals surface area (Å²) in [6.07, 6.45) is -4.82. The van der Waals surface area contributed by atoms with Crippen LogP contribution < -0.4 is 4.74 Å². The highest BCUT2D eigenvalue weighted by molar-refractivity contribution is 7.99. The van der Waals surface area contributed by atoms with E-state index in [0.29, 0.717) is 17.9 Å². The molecule has 1 unspecified atom stereocenters. The van der Waals surface area contributed by atoms with Crippen LogP contribution in [0.2, 0.25) is 0 Å². The average molecular weight is 330 g/mol. The van der Waals surface area contributed by atoms with Gasteiger partial charge in [0.1, 0.15) is 11.8 Å². The maximum absolute atomic E-state index is 12.2. The molecule has 0 radical (unpaired) electrons. The molecule has 0 saturated carbocycles. The number of nitrogens with zero attached hydrogens (tertiary/aromatic N) is 2. The molecule has 2 rings (SSSR count). The number of nitriles is 1. The van der Waals surface area contributed by atoms with E-state index >= 15 is 0 Å². The van der Waals surface area contributed by atoms with Crippen molar-refractivity contribution in [2.75, 3.05) is 18.1 Å². The predicted octanol–water partition coefficient (Wildman–Crippen LogP) is 2.60. The van der Waals surface area contributed by atoms with Crippen molar-refractivity contribution < 1.29 is 22.7 Å². The van der Waals surface area contributed by atoms with E-state index in [0.717, 1.165) is 5.75 Å². The lowest BCUT2D eigenvalue weighted by molar-refractivity contribution is -0.274. The average Bonchev–Trinajstić information content (AvgIpc) is 2.45. The summed E-state index contributed by atoms with van der Waals surface area (Å²) in [6, 6.07) is 6.91. The first-order chi connectivity index (χ1) is 10.4. The molecule has 1 heterocycles. The minimum absolute atomic E-state index is 0.0576. The van der Waals surface area contributed by atoms with Crippen LogP contribution in [0.5, 0.6) is 5.75 Å². The molecule has 1 atom stereocenters. The summed E-state index contributed by atoms with van der Waals surface area (Å²) in [5.41, 5.74) is 0.418. The fraction of sp³-hybridized carbons (Fsp3) is 0.429. The Morgan fingerprint density at radius 2 is 2.27 bits per heavy atom. The minimum Gasteiger partial charge on any atom is -0.406 e. The highest BCUT2D eigenvalue weighted by atomic mass is 32.2. The van der Waals surface area contributed by atoms with E-state index in [4.69, 9.17) is 5.26 Å². The Labute approximate surface area is 129 Å². The Morgan fingerprint density at radius 1 is 1.50 bits per heavy atom. The monoisotopic (exact) mass is 330 g/mol. The van der Waals surface area contributed by atoms with Crippen LogP contribution in [0, 0.1) is 11.3 Å². The molecule has 0 aromatic heterocycles. The molecule has 1 aliphatic rings. The van der Waals surface area contributed by atoms with Gasteiger partial charge in [-0.15, -0.1) is 13.2 Å².